The molecule has 3 aromatic rings. The van der Waals surface area contributed by atoms with Gasteiger partial charge in [-0.25, -0.2) is 9.98 Å². The summed E-state index contributed by atoms with van der Waals surface area (Å²) in [5.74, 6) is 2.76. The van der Waals surface area contributed by atoms with Crippen LogP contribution in [0.3, 0.4) is 0 Å². The zero-order chi connectivity index (χ0) is 22.4. The summed E-state index contributed by atoms with van der Waals surface area (Å²) in [6.07, 6.45) is 2.38. The van der Waals surface area contributed by atoms with Crippen molar-refractivity contribution in [2.75, 3.05) is 19.6 Å². The van der Waals surface area contributed by atoms with Crippen molar-refractivity contribution in [1.29, 1.82) is 0 Å². The predicted octanol–water partition coefficient (Wildman–Crippen LogP) is 3.87. The maximum Gasteiger partial charge on any atom is 0.226 e. The molecule has 1 aromatic carbocycles. The molecule has 166 valence electrons. The third-order valence-electron chi connectivity index (χ3n) is 5.03. The number of hydrogen-bond acceptors (Lipinski definition) is 5. The number of aryl methyl sites for hydroxylation is 3. The highest BCUT2D eigenvalue weighted by Crippen LogP contribution is 2.27. The van der Waals surface area contributed by atoms with Crippen LogP contribution in [0.5, 0.6) is 0 Å². The van der Waals surface area contributed by atoms with Crippen LogP contribution >= 0.6 is 0 Å². The number of furan rings is 1. The van der Waals surface area contributed by atoms with Crippen LogP contribution in [0.15, 0.2) is 50.4 Å². The molecule has 0 bridgehead atoms. The molecule has 7 heteroatoms. The Morgan fingerprint density at radius 3 is 2.55 bits per heavy atom. The van der Waals surface area contributed by atoms with Crippen LogP contribution in [0.2, 0.25) is 0 Å². The molecule has 2 heterocycles. The largest absolute Gasteiger partial charge is 0.466 e. The van der Waals surface area contributed by atoms with Crippen LogP contribution in [0.4, 0.5) is 0 Å². The summed E-state index contributed by atoms with van der Waals surface area (Å²) >= 11 is 0. The molecule has 0 radical (unpaired) electrons. The van der Waals surface area contributed by atoms with Gasteiger partial charge < -0.3 is 24.6 Å². The van der Waals surface area contributed by atoms with E-state index < -0.39 is 5.60 Å². The van der Waals surface area contributed by atoms with E-state index in [0.29, 0.717) is 30.6 Å². The van der Waals surface area contributed by atoms with Gasteiger partial charge in [0, 0.05) is 30.6 Å². The number of aliphatic hydroxyl groups is 1. The van der Waals surface area contributed by atoms with E-state index in [9.17, 15) is 5.11 Å². The highest BCUT2D eigenvalue weighted by Gasteiger charge is 2.27. The van der Waals surface area contributed by atoms with Crippen molar-refractivity contribution in [1.82, 2.24) is 15.6 Å². The number of aromatic nitrogens is 1. The monoisotopic (exact) mass is 424 g/mol. The highest BCUT2D eigenvalue weighted by atomic mass is 16.3. The minimum Gasteiger partial charge on any atom is -0.466 e. The number of aliphatic imine (C=N–C) groups is 1. The average molecular weight is 425 g/mol. The molecule has 0 amide bonds. The molecule has 0 spiro atoms. The zero-order valence-electron chi connectivity index (χ0n) is 19.0. The van der Waals surface area contributed by atoms with Crippen molar-refractivity contribution in [2.45, 2.75) is 46.6 Å². The fourth-order valence-electron chi connectivity index (χ4n) is 3.38. The lowest BCUT2D eigenvalue weighted by molar-refractivity contribution is 0.0657. The van der Waals surface area contributed by atoms with Gasteiger partial charge in [0.05, 0.1) is 12.2 Å². The van der Waals surface area contributed by atoms with Crippen LogP contribution in [-0.2, 0) is 12.0 Å². The Labute approximate surface area is 183 Å². The first-order valence-corrected chi connectivity index (χ1v) is 10.6. The highest BCUT2D eigenvalue weighted by molar-refractivity contribution is 5.79. The summed E-state index contributed by atoms with van der Waals surface area (Å²) in [5.41, 5.74) is 2.68. The lowest BCUT2D eigenvalue weighted by Crippen LogP contribution is -2.39. The van der Waals surface area contributed by atoms with Crippen LogP contribution < -0.4 is 10.6 Å². The first kappa shape index (κ1) is 22.6. The second-order valence-corrected chi connectivity index (χ2v) is 7.98. The van der Waals surface area contributed by atoms with E-state index in [4.69, 9.17) is 8.83 Å². The minimum atomic E-state index is -1.11. The van der Waals surface area contributed by atoms with Gasteiger partial charge in [0.2, 0.25) is 5.89 Å². The minimum absolute atomic E-state index is 0.212. The molecular formula is C24H32N4O3. The summed E-state index contributed by atoms with van der Waals surface area (Å²) in [6, 6.07) is 9.96. The Kier molecular flexibility index (Phi) is 7.17. The Bertz CT molecular complexity index is 1020. The van der Waals surface area contributed by atoms with E-state index in [1.807, 2.05) is 51.1 Å². The molecule has 31 heavy (non-hydrogen) atoms. The predicted molar refractivity (Wildman–Crippen MR) is 122 cm³/mol. The van der Waals surface area contributed by atoms with E-state index >= 15 is 0 Å². The third kappa shape index (κ3) is 5.98. The Hall–Kier alpha value is -3.06. The summed E-state index contributed by atoms with van der Waals surface area (Å²) in [7, 11) is 0. The molecule has 2 aromatic heterocycles. The summed E-state index contributed by atoms with van der Waals surface area (Å²) < 4.78 is 11.2. The van der Waals surface area contributed by atoms with E-state index in [0.717, 1.165) is 29.1 Å². The Balaban J connectivity index is 1.58. The van der Waals surface area contributed by atoms with Gasteiger partial charge in [-0.05, 0) is 52.8 Å². The van der Waals surface area contributed by atoms with E-state index in [2.05, 4.69) is 27.5 Å². The molecule has 0 aliphatic heterocycles. The lowest BCUT2D eigenvalue weighted by Gasteiger charge is -2.21. The summed E-state index contributed by atoms with van der Waals surface area (Å²) in [4.78, 5) is 9.14. The van der Waals surface area contributed by atoms with Crippen molar-refractivity contribution in [3.8, 4) is 11.5 Å². The van der Waals surface area contributed by atoms with Gasteiger partial charge in [-0.3, -0.25) is 0 Å². The molecule has 3 rings (SSSR count). The molecule has 7 nitrogen and oxygen atoms in total. The number of guanidine groups is 1. The maximum atomic E-state index is 10.9. The van der Waals surface area contributed by atoms with Crippen molar-refractivity contribution in [3.05, 3.63) is 64.9 Å². The topological polar surface area (TPSA) is 95.8 Å². The number of oxazole rings is 1. The number of benzene rings is 1. The van der Waals surface area contributed by atoms with Gasteiger partial charge in [0.1, 0.15) is 23.4 Å². The molecule has 1 atom stereocenters. The second-order valence-electron chi connectivity index (χ2n) is 7.98. The Morgan fingerprint density at radius 1 is 1.16 bits per heavy atom. The van der Waals surface area contributed by atoms with Crippen LogP contribution in [0.25, 0.3) is 11.5 Å². The first-order valence-electron chi connectivity index (χ1n) is 10.6. The number of hydrogen-bond donors (Lipinski definition) is 3. The number of nitrogens with zero attached hydrogens (tertiary/aromatic N) is 2. The number of rotatable bonds is 8. The average Bonchev–Trinajstić information content (AvgIpc) is 3.33. The normalized spacial score (nSPS) is 13.8. The first-order chi connectivity index (χ1) is 14.8. The molecule has 0 saturated carbocycles. The fraction of sp³-hybridized carbons (Fsp3) is 0.417. The maximum absolute atomic E-state index is 10.9. The smallest absolute Gasteiger partial charge is 0.226 e. The number of nitrogens with one attached hydrogen (secondary N) is 2. The van der Waals surface area contributed by atoms with Gasteiger partial charge in [0.15, 0.2) is 5.96 Å². The van der Waals surface area contributed by atoms with Crippen molar-refractivity contribution in [2.24, 2.45) is 4.99 Å². The quantitative estimate of drug-likeness (QED) is 0.375. The summed E-state index contributed by atoms with van der Waals surface area (Å²) in [5, 5.41) is 17.4. The molecule has 0 aliphatic rings. The molecular weight excluding hydrogens is 392 g/mol. The van der Waals surface area contributed by atoms with Gasteiger partial charge in [-0.2, -0.15) is 0 Å². The second kappa shape index (κ2) is 9.83. The van der Waals surface area contributed by atoms with Gasteiger partial charge in [-0.15, -0.1) is 0 Å². The van der Waals surface area contributed by atoms with E-state index in [-0.39, 0.29) is 6.54 Å². The molecule has 1 unspecified atom stereocenters. The molecule has 3 N–H and O–H groups in total. The molecule has 0 aliphatic carbocycles. The van der Waals surface area contributed by atoms with E-state index in [1.54, 1.807) is 13.2 Å². The lowest BCUT2D eigenvalue weighted by atomic mass is 9.96. The van der Waals surface area contributed by atoms with Gasteiger partial charge >= 0.3 is 0 Å². The fourth-order valence-corrected chi connectivity index (χ4v) is 3.38. The third-order valence-corrected chi connectivity index (χ3v) is 5.03. The van der Waals surface area contributed by atoms with Gasteiger partial charge in [0.25, 0.3) is 0 Å². The van der Waals surface area contributed by atoms with Crippen molar-refractivity contribution >= 4 is 5.96 Å². The standard InChI is InChI=1S/C24H32N4O3/c1-6-25-23(27-15-24(5,29)21-13-17(3)31-18(21)4)26-12-11-20-14-30-22(28-20)19-9-7-16(2)8-10-19/h7-10,13-14,29H,6,11-12,15H2,1-5H3,(H2,25,26,27). The van der Waals surface area contributed by atoms with Crippen LogP contribution in [0, 0.1) is 20.8 Å². The SMILES string of the molecule is CCNC(=NCC(C)(O)c1cc(C)oc1C)NCCc1coc(-c2ccc(C)cc2)n1. The molecule has 0 fully saturated rings. The van der Waals surface area contributed by atoms with Gasteiger partial charge in [-0.1, -0.05) is 17.7 Å². The van der Waals surface area contributed by atoms with Crippen LogP contribution in [0.1, 0.15) is 42.2 Å². The van der Waals surface area contributed by atoms with Crippen LogP contribution in [-0.4, -0.2) is 35.7 Å². The Morgan fingerprint density at radius 2 is 1.90 bits per heavy atom. The van der Waals surface area contributed by atoms with Crippen molar-refractivity contribution < 1.29 is 13.9 Å². The van der Waals surface area contributed by atoms with Crippen molar-refractivity contribution in [3.63, 3.8) is 0 Å². The summed E-state index contributed by atoms with van der Waals surface area (Å²) in [6.45, 7) is 11.1. The zero-order valence-corrected chi connectivity index (χ0v) is 19.0. The molecule has 0 saturated heterocycles. The van der Waals surface area contributed by atoms with E-state index in [1.165, 1.54) is 5.56 Å².